The third-order valence-corrected chi connectivity index (χ3v) is 10.4. The van der Waals surface area contributed by atoms with Crippen molar-refractivity contribution in [1.29, 1.82) is 0 Å². The summed E-state index contributed by atoms with van der Waals surface area (Å²) in [6.45, 7) is 8.69. The number of carbonyl (C=O) groups is 3. The molecular formula is C41H43F5N4O8S. The maximum atomic E-state index is 14.5. The SMILES string of the molecule is CCN(CC)CCN(Cc1ccc(-c2ccc(C(F)(F)F)cc2)cc1)C(=O)Cn1c(CCc2cccc(F)c2F)cc(=O)c2sc(C)nc21.O=C(O)C(O)C(O)C(=O)O. The Morgan fingerprint density at radius 2 is 1.42 bits per heavy atom. The van der Waals surface area contributed by atoms with Gasteiger partial charge in [-0.25, -0.2) is 23.4 Å². The third-order valence-electron chi connectivity index (χ3n) is 9.43. The minimum Gasteiger partial charge on any atom is -0.479 e. The molecule has 3 aromatic carbocycles. The number of carboxylic acid groups (broad SMARTS) is 2. The van der Waals surface area contributed by atoms with Crippen molar-refractivity contribution >= 4 is 39.5 Å². The van der Waals surface area contributed by atoms with Crippen LogP contribution in [0.2, 0.25) is 0 Å². The van der Waals surface area contributed by atoms with E-state index < -0.39 is 47.5 Å². The smallest absolute Gasteiger partial charge is 0.416 e. The summed E-state index contributed by atoms with van der Waals surface area (Å²) >= 11 is 1.24. The van der Waals surface area contributed by atoms with Gasteiger partial charge in [-0.1, -0.05) is 62.4 Å². The first-order valence-electron chi connectivity index (χ1n) is 18.4. The third kappa shape index (κ3) is 12.2. The first kappa shape index (κ1) is 46.1. The van der Waals surface area contributed by atoms with Gasteiger partial charge in [-0.15, -0.1) is 11.3 Å². The van der Waals surface area contributed by atoms with E-state index in [0.717, 1.165) is 42.4 Å². The maximum Gasteiger partial charge on any atom is 0.416 e. The highest BCUT2D eigenvalue weighted by atomic mass is 32.1. The van der Waals surface area contributed by atoms with Crippen LogP contribution in [-0.2, 0) is 46.5 Å². The zero-order valence-corrected chi connectivity index (χ0v) is 33.1. The van der Waals surface area contributed by atoms with E-state index in [2.05, 4.69) is 9.88 Å². The number of carboxylic acids is 2. The lowest BCUT2D eigenvalue weighted by molar-refractivity contribution is -0.165. The minimum absolute atomic E-state index is 0.114. The molecule has 2 atom stereocenters. The van der Waals surface area contributed by atoms with Crippen molar-refractivity contribution in [2.24, 2.45) is 0 Å². The fraction of sp³-hybridized carbons (Fsp3) is 0.341. The van der Waals surface area contributed by atoms with Crippen LogP contribution in [0.3, 0.4) is 0 Å². The molecule has 12 nitrogen and oxygen atoms in total. The molecule has 2 unspecified atom stereocenters. The van der Waals surface area contributed by atoms with Gasteiger partial charge in [0.25, 0.3) is 0 Å². The number of hydrogen-bond donors (Lipinski definition) is 4. The number of likely N-dealkylation sites (N-methyl/N-ethyl adjacent to an activating group) is 1. The highest BCUT2D eigenvalue weighted by Crippen LogP contribution is 2.31. The van der Waals surface area contributed by atoms with Gasteiger partial charge >= 0.3 is 18.1 Å². The number of aliphatic hydroxyl groups excluding tert-OH is 2. The van der Waals surface area contributed by atoms with Crippen LogP contribution in [0.25, 0.3) is 21.5 Å². The second kappa shape index (κ2) is 20.4. The quantitative estimate of drug-likeness (QED) is 0.0895. The Morgan fingerprint density at radius 3 is 1.97 bits per heavy atom. The molecule has 5 rings (SSSR count). The van der Waals surface area contributed by atoms with Crippen LogP contribution in [0.15, 0.2) is 77.6 Å². The Morgan fingerprint density at radius 1 is 0.847 bits per heavy atom. The van der Waals surface area contributed by atoms with Gasteiger partial charge in [0.2, 0.25) is 11.3 Å². The van der Waals surface area contributed by atoms with Crippen LogP contribution in [0.1, 0.15) is 41.2 Å². The fourth-order valence-electron chi connectivity index (χ4n) is 6.05. The Kier molecular flexibility index (Phi) is 16.0. The van der Waals surface area contributed by atoms with Crippen molar-refractivity contribution in [1.82, 2.24) is 19.4 Å². The predicted octanol–water partition coefficient (Wildman–Crippen LogP) is 5.76. The largest absolute Gasteiger partial charge is 0.479 e. The number of aryl methyl sites for hydroxylation is 3. The summed E-state index contributed by atoms with van der Waals surface area (Å²) in [5.41, 5.74) is 2.29. The molecule has 0 aliphatic heterocycles. The minimum atomic E-state index is -4.41. The van der Waals surface area contributed by atoms with Crippen molar-refractivity contribution in [2.75, 3.05) is 26.2 Å². The molecule has 59 heavy (non-hydrogen) atoms. The summed E-state index contributed by atoms with van der Waals surface area (Å²) in [6.07, 6.45) is -8.65. The van der Waals surface area contributed by atoms with Gasteiger partial charge in [0.15, 0.2) is 29.5 Å². The van der Waals surface area contributed by atoms with Gasteiger partial charge in [0.1, 0.15) is 11.2 Å². The second-order valence-corrected chi connectivity index (χ2v) is 14.6. The van der Waals surface area contributed by atoms with Crippen LogP contribution < -0.4 is 5.43 Å². The van der Waals surface area contributed by atoms with Crippen LogP contribution >= 0.6 is 11.3 Å². The van der Waals surface area contributed by atoms with Crippen LogP contribution in [0.5, 0.6) is 0 Å². The van der Waals surface area contributed by atoms with Crippen molar-refractivity contribution in [2.45, 2.75) is 65.1 Å². The van der Waals surface area contributed by atoms with E-state index in [0.29, 0.717) is 39.7 Å². The lowest BCUT2D eigenvalue weighted by Crippen LogP contribution is -2.40. The molecule has 0 saturated carbocycles. The van der Waals surface area contributed by atoms with E-state index in [4.69, 9.17) is 20.4 Å². The highest BCUT2D eigenvalue weighted by Gasteiger charge is 2.30. The monoisotopic (exact) mass is 846 g/mol. The van der Waals surface area contributed by atoms with Crippen molar-refractivity contribution in [3.05, 3.63) is 122 Å². The Balaban J connectivity index is 0.000000680. The molecule has 1 amide bonds. The number of thiazole rings is 1. The summed E-state index contributed by atoms with van der Waals surface area (Å²) in [4.78, 5) is 55.3. The van der Waals surface area contributed by atoms with E-state index in [1.165, 1.54) is 41.7 Å². The zero-order chi connectivity index (χ0) is 43.6. The second-order valence-electron chi connectivity index (χ2n) is 13.4. The molecule has 0 aliphatic rings. The molecule has 2 aromatic heterocycles. The van der Waals surface area contributed by atoms with Crippen molar-refractivity contribution in [3.63, 3.8) is 0 Å². The van der Waals surface area contributed by atoms with Crippen molar-refractivity contribution in [3.8, 4) is 11.1 Å². The van der Waals surface area contributed by atoms with E-state index in [9.17, 15) is 41.1 Å². The highest BCUT2D eigenvalue weighted by molar-refractivity contribution is 7.18. The average molecular weight is 847 g/mol. The standard InChI is InChI=1S/C37H37F5N4O2S.C4H6O6/c1-4-44(5-2)19-20-45(22-25-9-11-26(12-10-25)27-13-16-29(17-14-27)37(40,41)42)33(48)23-46-30(18-15-28-7-6-8-31(38)34(28)39)21-32(47)35-36(46)43-24(3)49-35;5-1(3(7)8)2(6)4(9)10/h6-14,16-17,21H,4-5,15,18-20,22-23H2,1-3H3;1-2,5-6H,(H,7,8)(H,9,10). The normalized spacial score (nSPS) is 12.5. The van der Waals surface area contributed by atoms with Crippen molar-refractivity contribution < 1.29 is 56.8 Å². The van der Waals surface area contributed by atoms with Crippen LogP contribution in [0.4, 0.5) is 22.0 Å². The summed E-state index contributed by atoms with van der Waals surface area (Å²) < 4.78 is 69.6. The molecular weight excluding hydrogens is 804 g/mol. The number of halogens is 5. The molecule has 0 saturated heterocycles. The molecule has 0 fully saturated rings. The summed E-state index contributed by atoms with van der Waals surface area (Å²) in [5, 5.41) is 33.2. The number of aliphatic carboxylic acids is 2. The first-order valence-corrected chi connectivity index (χ1v) is 19.2. The van der Waals surface area contributed by atoms with Crippen LogP contribution in [0, 0.1) is 18.6 Å². The van der Waals surface area contributed by atoms with Gasteiger partial charge in [-0.3, -0.25) is 9.59 Å². The molecule has 0 spiro atoms. The number of pyridine rings is 1. The molecule has 0 aliphatic carbocycles. The Labute approximate surface area is 339 Å². The van der Waals surface area contributed by atoms with Gasteiger partial charge in [-0.05, 0) is 73.3 Å². The lowest BCUT2D eigenvalue weighted by Gasteiger charge is -2.28. The summed E-state index contributed by atoms with van der Waals surface area (Å²) in [6, 6.07) is 17.7. The van der Waals surface area contributed by atoms with E-state index in [-0.39, 0.29) is 42.8 Å². The molecule has 5 aromatic rings. The average Bonchev–Trinajstić information content (AvgIpc) is 3.61. The molecule has 2 heterocycles. The topological polar surface area (TPSA) is 173 Å². The van der Waals surface area contributed by atoms with Crippen LogP contribution in [-0.4, -0.2) is 96.0 Å². The number of rotatable bonds is 16. The predicted molar refractivity (Wildman–Crippen MR) is 210 cm³/mol. The summed E-state index contributed by atoms with van der Waals surface area (Å²) in [5.74, 6) is -5.64. The lowest BCUT2D eigenvalue weighted by atomic mass is 10.0. The molecule has 4 N–H and O–H groups in total. The number of aromatic nitrogens is 2. The molecule has 18 heteroatoms. The first-order chi connectivity index (χ1) is 27.8. The van der Waals surface area contributed by atoms with E-state index in [1.54, 1.807) is 16.4 Å². The zero-order valence-electron chi connectivity index (χ0n) is 32.2. The van der Waals surface area contributed by atoms with Gasteiger partial charge < -0.3 is 34.8 Å². The number of nitrogens with zero attached hydrogens (tertiary/aromatic N) is 4. The number of benzene rings is 3. The maximum absolute atomic E-state index is 14.5. The van der Waals surface area contributed by atoms with E-state index in [1.807, 2.05) is 38.1 Å². The number of amides is 1. The fourth-order valence-corrected chi connectivity index (χ4v) is 6.89. The molecule has 316 valence electrons. The van der Waals surface area contributed by atoms with Gasteiger partial charge in [0.05, 0.1) is 10.6 Å². The summed E-state index contributed by atoms with van der Waals surface area (Å²) in [7, 11) is 0. The number of carbonyl (C=O) groups excluding carboxylic acids is 1. The van der Waals surface area contributed by atoms with Gasteiger partial charge in [-0.2, -0.15) is 13.2 Å². The number of fused-ring (bicyclic) bond motifs is 1. The molecule has 0 radical (unpaired) electrons. The Hall–Kier alpha value is -5.56. The Bertz CT molecular complexity index is 2280. The van der Waals surface area contributed by atoms with Gasteiger partial charge in [0, 0.05) is 31.4 Å². The number of alkyl halides is 3. The molecule has 0 bridgehead atoms. The number of hydrogen-bond acceptors (Lipinski definition) is 9. The number of aliphatic hydroxyl groups is 2. The van der Waals surface area contributed by atoms with E-state index >= 15 is 0 Å².